The SMILES string of the molecule is Clc1ccc(N2C[N+]23CCOCC3)cc1. The third kappa shape index (κ3) is 1.61. The van der Waals surface area contributed by atoms with Gasteiger partial charge in [-0.1, -0.05) is 11.6 Å². The lowest BCUT2D eigenvalue weighted by molar-refractivity contribution is -0.815. The van der Waals surface area contributed by atoms with Gasteiger partial charge in [0.15, 0.2) is 0 Å². The predicted molar refractivity (Wildman–Crippen MR) is 59.6 cm³/mol. The molecule has 0 bridgehead atoms. The number of quaternary nitrogens is 1. The van der Waals surface area contributed by atoms with Crippen LogP contribution in [0.2, 0.25) is 5.02 Å². The van der Waals surface area contributed by atoms with Gasteiger partial charge in [0.05, 0.1) is 18.9 Å². The molecule has 80 valence electrons. The van der Waals surface area contributed by atoms with Gasteiger partial charge in [-0.3, -0.25) is 0 Å². The van der Waals surface area contributed by atoms with Gasteiger partial charge in [-0.15, -0.1) is 0 Å². The Balaban J connectivity index is 1.77. The third-order valence-electron chi connectivity index (χ3n) is 3.25. The molecule has 0 aromatic heterocycles. The second kappa shape index (κ2) is 3.37. The third-order valence-corrected chi connectivity index (χ3v) is 3.50. The number of nitrogens with zero attached hydrogens (tertiary/aromatic N) is 2. The number of benzene rings is 1. The van der Waals surface area contributed by atoms with Gasteiger partial charge in [-0.25, -0.2) is 0 Å². The Morgan fingerprint density at radius 2 is 1.80 bits per heavy atom. The molecule has 15 heavy (non-hydrogen) atoms. The Hall–Kier alpha value is -0.770. The Bertz CT molecular complexity index is 359. The van der Waals surface area contributed by atoms with Crippen molar-refractivity contribution in [3.63, 3.8) is 0 Å². The zero-order chi connectivity index (χ0) is 10.3. The number of rotatable bonds is 1. The minimum absolute atomic E-state index is 0.800. The van der Waals surface area contributed by atoms with Crippen LogP contribution in [0.3, 0.4) is 0 Å². The summed E-state index contributed by atoms with van der Waals surface area (Å²) in [6.07, 6.45) is 0. The molecular formula is C11H14ClN2O+. The van der Waals surface area contributed by atoms with E-state index in [4.69, 9.17) is 16.3 Å². The highest BCUT2D eigenvalue weighted by Gasteiger charge is 2.54. The Morgan fingerprint density at radius 3 is 2.47 bits per heavy atom. The lowest BCUT2D eigenvalue weighted by Gasteiger charge is -2.23. The van der Waals surface area contributed by atoms with Crippen LogP contribution in [0.1, 0.15) is 0 Å². The van der Waals surface area contributed by atoms with Gasteiger partial charge in [-0.2, -0.15) is 9.60 Å². The lowest BCUT2D eigenvalue weighted by atomic mass is 10.3. The topological polar surface area (TPSA) is 12.2 Å². The van der Waals surface area contributed by atoms with Crippen molar-refractivity contribution < 1.29 is 9.33 Å². The molecule has 1 aromatic carbocycles. The van der Waals surface area contributed by atoms with E-state index >= 15 is 0 Å². The fraction of sp³-hybridized carbons (Fsp3) is 0.455. The molecule has 3 rings (SSSR count). The van der Waals surface area contributed by atoms with Crippen LogP contribution in [-0.4, -0.2) is 37.6 Å². The highest BCUT2D eigenvalue weighted by atomic mass is 35.5. The standard InChI is InChI=1S/C11H14ClN2O/c12-10-1-3-11(4-2-10)13-9-14(13)5-7-15-8-6-14/h1-4H,5-9H2/q+1. The number of morpholine rings is 1. The van der Waals surface area contributed by atoms with Crippen LogP contribution >= 0.6 is 11.6 Å². The number of hydrogen-bond acceptors (Lipinski definition) is 2. The second-order valence-electron chi connectivity index (χ2n) is 4.17. The van der Waals surface area contributed by atoms with E-state index in [-0.39, 0.29) is 0 Å². The van der Waals surface area contributed by atoms with E-state index in [2.05, 4.69) is 17.1 Å². The summed E-state index contributed by atoms with van der Waals surface area (Å²) in [4.78, 5) is 0. The van der Waals surface area contributed by atoms with E-state index in [0.717, 1.165) is 42.6 Å². The molecule has 3 nitrogen and oxygen atoms in total. The summed E-state index contributed by atoms with van der Waals surface area (Å²) in [6.45, 7) is 5.07. The molecule has 0 N–H and O–H groups in total. The summed E-state index contributed by atoms with van der Waals surface area (Å²) in [5, 5.41) is 3.20. The summed E-state index contributed by atoms with van der Waals surface area (Å²) in [5.74, 6) is 0. The molecule has 2 fully saturated rings. The molecule has 0 radical (unpaired) electrons. The zero-order valence-electron chi connectivity index (χ0n) is 8.53. The molecular weight excluding hydrogens is 212 g/mol. The maximum Gasteiger partial charge on any atom is 0.220 e. The van der Waals surface area contributed by atoms with Gasteiger partial charge in [0.25, 0.3) is 0 Å². The number of anilines is 1. The molecule has 1 aromatic rings. The monoisotopic (exact) mass is 225 g/mol. The molecule has 0 atom stereocenters. The maximum absolute atomic E-state index is 5.87. The first-order chi connectivity index (χ1) is 7.30. The van der Waals surface area contributed by atoms with Gasteiger partial charge in [0, 0.05) is 5.02 Å². The van der Waals surface area contributed by atoms with Crippen molar-refractivity contribution in [2.75, 3.05) is 38.0 Å². The summed E-state index contributed by atoms with van der Waals surface area (Å²) in [6, 6.07) is 8.08. The van der Waals surface area contributed by atoms with E-state index in [9.17, 15) is 0 Å². The Labute approximate surface area is 94.4 Å². The van der Waals surface area contributed by atoms with Crippen LogP contribution in [0.15, 0.2) is 24.3 Å². The maximum atomic E-state index is 5.87. The molecule has 0 unspecified atom stereocenters. The summed E-state index contributed by atoms with van der Waals surface area (Å²) in [5.41, 5.74) is 1.27. The first-order valence-electron chi connectivity index (χ1n) is 5.28. The smallest absolute Gasteiger partial charge is 0.220 e. The molecule has 0 saturated carbocycles. The van der Waals surface area contributed by atoms with Crippen molar-refractivity contribution in [1.82, 2.24) is 0 Å². The van der Waals surface area contributed by atoms with Gasteiger partial charge in [-0.05, 0) is 24.3 Å². The minimum atomic E-state index is 0.800. The molecule has 0 amide bonds. The summed E-state index contributed by atoms with van der Waals surface area (Å²) in [7, 11) is 0. The molecule has 2 heterocycles. The Morgan fingerprint density at radius 1 is 1.13 bits per heavy atom. The van der Waals surface area contributed by atoms with E-state index in [0.29, 0.717) is 0 Å². The first-order valence-corrected chi connectivity index (χ1v) is 5.65. The largest absolute Gasteiger partial charge is 0.370 e. The number of hydrogen-bond donors (Lipinski definition) is 0. The van der Waals surface area contributed by atoms with Crippen molar-refractivity contribution in [2.45, 2.75) is 0 Å². The van der Waals surface area contributed by atoms with Crippen LogP contribution in [0.25, 0.3) is 0 Å². The van der Waals surface area contributed by atoms with E-state index in [1.807, 2.05) is 12.1 Å². The van der Waals surface area contributed by atoms with Crippen molar-refractivity contribution in [1.29, 1.82) is 0 Å². The minimum Gasteiger partial charge on any atom is -0.370 e. The molecule has 0 aliphatic carbocycles. The number of halogens is 1. The average Bonchev–Trinajstić information content (AvgIpc) is 2.94. The van der Waals surface area contributed by atoms with E-state index in [1.165, 1.54) is 5.69 Å². The summed E-state index contributed by atoms with van der Waals surface area (Å²) >= 11 is 5.87. The van der Waals surface area contributed by atoms with E-state index in [1.54, 1.807) is 0 Å². The van der Waals surface area contributed by atoms with Crippen LogP contribution in [0.5, 0.6) is 0 Å². The van der Waals surface area contributed by atoms with Gasteiger partial charge < -0.3 is 4.74 Å². The molecule has 2 saturated heterocycles. The highest BCUT2D eigenvalue weighted by molar-refractivity contribution is 6.30. The van der Waals surface area contributed by atoms with Crippen LogP contribution in [-0.2, 0) is 4.74 Å². The normalized spacial score (nSPS) is 23.1. The van der Waals surface area contributed by atoms with Crippen molar-refractivity contribution in [3.8, 4) is 0 Å². The van der Waals surface area contributed by atoms with Crippen LogP contribution < -0.4 is 5.01 Å². The quantitative estimate of drug-likeness (QED) is 0.535. The zero-order valence-corrected chi connectivity index (χ0v) is 9.28. The van der Waals surface area contributed by atoms with Crippen molar-refractivity contribution >= 4 is 17.3 Å². The van der Waals surface area contributed by atoms with E-state index < -0.39 is 0 Å². The number of ether oxygens (including phenoxy) is 1. The molecule has 2 aliphatic heterocycles. The van der Waals surface area contributed by atoms with Gasteiger partial charge in [0.1, 0.15) is 13.1 Å². The fourth-order valence-corrected chi connectivity index (χ4v) is 2.35. The molecule has 1 spiro atoms. The lowest BCUT2D eigenvalue weighted by Crippen LogP contribution is -2.42. The average molecular weight is 226 g/mol. The molecule has 2 aliphatic rings. The summed E-state index contributed by atoms with van der Waals surface area (Å²) < 4.78 is 6.46. The Kier molecular flexibility index (Phi) is 2.12. The van der Waals surface area contributed by atoms with Crippen molar-refractivity contribution in [2.24, 2.45) is 0 Å². The predicted octanol–water partition coefficient (Wildman–Crippen LogP) is 1.88. The molecule has 4 heteroatoms. The second-order valence-corrected chi connectivity index (χ2v) is 4.61. The van der Waals surface area contributed by atoms with Gasteiger partial charge in [0.2, 0.25) is 6.67 Å². The first kappa shape index (κ1) is 9.46. The van der Waals surface area contributed by atoms with Crippen LogP contribution in [0, 0.1) is 0 Å². The van der Waals surface area contributed by atoms with Crippen LogP contribution in [0.4, 0.5) is 5.69 Å². The highest BCUT2D eigenvalue weighted by Crippen LogP contribution is 2.36. The van der Waals surface area contributed by atoms with Crippen molar-refractivity contribution in [3.05, 3.63) is 29.3 Å². The fourth-order valence-electron chi connectivity index (χ4n) is 2.23. The van der Waals surface area contributed by atoms with Gasteiger partial charge >= 0.3 is 0 Å².